The second-order valence-electron chi connectivity index (χ2n) is 9.27. The van der Waals surface area contributed by atoms with E-state index in [1.165, 1.54) is 0 Å². The van der Waals surface area contributed by atoms with Gasteiger partial charge in [-0.3, -0.25) is 4.79 Å². The summed E-state index contributed by atoms with van der Waals surface area (Å²) in [5.41, 5.74) is -2.58. The molecule has 0 aromatic heterocycles. The highest BCUT2D eigenvalue weighted by Gasteiger charge is 2.75. The molecule has 4 aliphatic rings. The lowest BCUT2D eigenvalue weighted by Gasteiger charge is -2.48. The van der Waals surface area contributed by atoms with Crippen molar-refractivity contribution in [1.82, 2.24) is 0 Å². The van der Waals surface area contributed by atoms with E-state index in [0.29, 0.717) is 11.5 Å². The Labute approximate surface area is 148 Å². The highest BCUT2D eigenvalue weighted by Crippen LogP contribution is 2.71. The van der Waals surface area contributed by atoms with Crippen LogP contribution in [0.3, 0.4) is 0 Å². The number of carbonyl (C=O) groups is 1. The third-order valence-corrected chi connectivity index (χ3v) is 7.93. The fraction of sp³-hybridized carbons (Fsp3) is 0.750. The molecule has 25 heavy (non-hydrogen) atoms. The molecule has 0 aromatic carbocycles. The van der Waals surface area contributed by atoms with Gasteiger partial charge in [0.2, 0.25) is 0 Å². The SMILES string of the molecule is CC1=CC23C(=O)C(C=C(CO)[C@H](O)[C@@]2(O)[C@@H]1O)[C@@H]1[C@H](C[C@@H]3C)C1(C)C. The van der Waals surface area contributed by atoms with Gasteiger partial charge in [0.1, 0.15) is 17.8 Å². The number of rotatable bonds is 1. The van der Waals surface area contributed by atoms with Gasteiger partial charge in [-0.2, -0.15) is 0 Å². The molecule has 4 rings (SSSR count). The molecule has 0 aliphatic heterocycles. The number of Topliss-reactive ketones (excluding diaryl/α,β-unsaturated/α-hetero) is 1. The number of allylic oxidation sites excluding steroid dienone is 1. The molecule has 2 saturated carbocycles. The van der Waals surface area contributed by atoms with E-state index in [0.717, 1.165) is 6.42 Å². The summed E-state index contributed by atoms with van der Waals surface area (Å²) in [4.78, 5) is 13.7. The Balaban J connectivity index is 1.99. The smallest absolute Gasteiger partial charge is 0.153 e. The second-order valence-corrected chi connectivity index (χ2v) is 9.27. The quantitative estimate of drug-likeness (QED) is 0.526. The van der Waals surface area contributed by atoms with Crippen LogP contribution < -0.4 is 0 Å². The summed E-state index contributed by atoms with van der Waals surface area (Å²) in [6.45, 7) is 7.50. The fourth-order valence-corrected chi connectivity index (χ4v) is 6.43. The summed E-state index contributed by atoms with van der Waals surface area (Å²) in [6.07, 6.45) is 1.34. The Morgan fingerprint density at radius 1 is 1.24 bits per heavy atom. The number of aliphatic hydroxyl groups is 4. The predicted octanol–water partition coefficient (Wildman–Crippen LogP) is 0.815. The van der Waals surface area contributed by atoms with Crippen molar-refractivity contribution in [3.63, 3.8) is 0 Å². The molecule has 8 atom stereocenters. The average Bonchev–Trinajstić information content (AvgIpc) is 3.05. The summed E-state index contributed by atoms with van der Waals surface area (Å²) in [5.74, 6) is -0.288. The van der Waals surface area contributed by atoms with Crippen molar-refractivity contribution in [3.8, 4) is 0 Å². The summed E-state index contributed by atoms with van der Waals surface area (Å²) in [7, 11) is 0. The van der Waals surface area contributed by atoms with Gasteiger partial charge in [0, 0.05) is 5.92 Å². The van der Waals surface area contributed by atoms with Gasteiger partial charge < -0.3 is 20.4 Å². The normalized spacial score (nSPS) is 53.2. The largest absolute Gasteiger partial charge is 0.392 e. The van der Waals surface area contributed by atoms with E-state index >= 15 is 0 Å². The van der Waals surface area contributed by atoms with E-state index in [1.54, 1.807) is 19.1 Å². The van der Waals surface area contributed by atoms with Crippen LogP contribution in [0.2, 0.25) is 0 Å². The number of carbonyl (C=O) groups excluding carboxylic acids is 1. The first-order valence-electron chi connectivity index (χ1n) is 9.18. The molecule has 1 spiro atoms. The van der Waals surface area contributed by atoms with E-state index in [-0.39, 0.29) is 28.6 Å². The second kappa shape index (κ2) is 4.83. The Morgan fingerprint density at radius 2 is 1.88 bits per heavy atom. The van der Waals surface area contributed by atoms with E-state index in [2.05, 4.69) is 13.8 Å². The molecule has 4 aliphatic carbocycles. The Kier molecular flexibility index (Phi) is 3.36. The van der Waals surface area contributed by atoms with Crippen molar-refractivity contribution >= 4 is 5.78 Å². The van der Waals surface area contributed by atoms with Crippen LogP contribution in [0.4, 0.5) is 0 Å². The van der Waals surface area contributed by atoms with E-state index in [4.69, 9.17) is 0 Å². The van der Waals surface area contributed by atoms with Crippen LogP contribution in [-0.2, 0) is 4.79 Å². The molecule has 5 heteroatoms. The lowest BCUT2D eigenvalue weighted by Crippen LogP contribution is -2.65. The maximum absolute atomic E-state index is 13.7. The van der Waals surface area contributed by atoms with Crippen molar-refractivity contribution in [3.05, 3.63) is 23.3 Å². The van der Waals surface area contributed by atoms with Crippen LogP contribution in [0, 0.1) is 34.5 Å². The van der Waals surface area contributed by atoms with Crippen molar-refractivity contribution in [2.45, 2.75) is 51.9 Å². The first-order valence-corrected chi connectivity index (χ1v) is 9.18. The zero-order valence-corrected chi connectivity index (χ0v) is 15.2. The van der Waals surface area contributed by atoms with Gasteiger partial charge in [-0.05, 0) is 47.7 Å². The highest BCUT2D eigenvalue weighted by atomic mass is 16.4. The van der Waals surface area contributed by atoms with Crippen molar-refractivity contribution in [2.24, 2.45) is 34.5 Å². The minimum absolute atomic E-state index is 0.0245. The van der Waals surface area contributed by atoms with Crippen LogP contribution in [0.25, 0.3) is 0 Å². The molecule has 2 bridgehead atoms. The Morgan fingerprint density at radius 3 is 2.48 bits per heavy atom. The fourth-order valence-electron chi connectivity index (χ4n) is 6.43. The monoisotopic (exact) mass is 348 g/mol. The van der Waals surface area contributed by atoms with Gasteiger partial charge in [0.05, 0.1) is 12.0 Å². The zero-order valence-electron chi connectivity index (χ0n) is 15.2. The average molecular weight is 348 g/mol. The van der Waals surface area contributed by atoms with Gasteiger partial charge in [-0.1, -0.05) is 32.9 Å². The van der Waals surface area contributed by atoms with E-state index in [9.17, 15) is 25.2 Å². The van der Waals surface area contributed by atoms with Crippen LogP contribution in [0.5, 0.6) is 0 Å². The maximum atomic E-state index is 13.7. The Hall–Kier alpha value is -1.01. The van der Waals surface area contributed by atoms with Crippen molar-refractivity contribution in [1.29, 1.82) is 0 Å². The van der Waals surface area contributed by atoms with Gasteiger partial charge >= 0.3 is 0 Å². The Bertz CT molecular complexity index is 707. The zero-order chi connectivity index (χ0) is 18.5. The topological polar surface area (TPSA) is 98.0 Å². The van der Waals surface area contributed by atoms with Crippen molar-refractivity contribution < 1.29 is 25.2 Å². The van der Waals surface area contributed by atoms with Gasteiger partial charge in [-0.15, -0.1) is 0 Å². The lowest BCUT2D eigenvalue weighted by atomic mass is 9.59. The minimum Gasteiger partial charge on any atom is -0.392 e. The van der Waals surface area contributed by atoms with Crippen LogP contribution in [0.1, 0.15) is 34.1 Å². The highest BCUT2D eigenvalue weighted by molar-refractivity contribution is 5.95. The van der Waals surface area contributed by atoms with E-state index < -0.39 is 35.7 Å². The van der Waals surface area contributed by atoms with Crippen LogP contribution >= 0.6 is 0 Å². The number of hydrogen-bond donors (Lipinski definition) is 4. The summed E-state index contributed by atoms with van der Waals surface area (Å²) in [6, 6.07) is 0. The van der Waals surface area contributed by atoms with Gasteiger partial charge in [0.15, 0.2) is 5.78 Å². The third-order valence-electron chi connectivity index (χ3n) is 7.93. The standard InChI is InChI=1S/C20H28O5/c1-9-7-19-10(2)5-13-14(18(13,3)4)12(17(19)24)6-11(8-21)16(23)20(19,25)15(9)22/h6-7,10,12-16,21-23,25H,5,8H2,1-4H3/t10-,12?,13-,14+,15+,16-,19?,20-/m0/s1. The van der Waals surface area contributed by atoms with Gasteiger partial charge in [-0.25, -0.2) is 0 Å². The van der Waals surface area contributed by atoms with Crippen LogP contribution in [-0.4, -0.2) is 50.6 Å². The third kappa shape index (κ3) is 1.71. The summed E-state index contributed by atoms with van der Waals surface area (Å²) >= 11 is 0. The maximum Gasteiger partial charge on any atom is 0.153 e. The number of ketones is 1. The summed E-state index contributed by atoms with van der Waals surface area (Å²) in [5, 5.41) is 43.0. The van der Waals surface area contributed by atoms with Crippen molar-refractivity contribution in [2.75, 3.05) is 6.61 Å². The molecule has 2 fully saturated rings. The number of hydrogen-bond acceptors (Lipinski definition) is 5. The molecule has 5 nitrogen and oxygen atoms in total. The predicted molar refractivity (Wildman–Crippen MR) is 91.4 cm³/mol. The number of aliphatic hydroxyl groups excluding tert-OH is 3. The molecule has 4 N–H and O–H groups in total. The molecule has 0 saturated heterocycles. The molecular formula is C20H28O5. The van der Waals surface area contributed by atoms with E-state index in [1.807, 2.05) is 6.92 Å². The molecule has 0 heterocycles. The van der Waals surface area contributed by atoms with Gasteiger partial charge in [0.25, 0.3) is 0 Å². The minimum atomic E-state index is -2.03. The molecule has 0 radical (unpaired) electrons. The molecular weight excluding hydrogens is 320 g/mol. The summed E-state index contributed by atoms with van der Waals surface area (Å²) < 4.78 is 0. The lowest BCUT2D eigenvalue weighted by molar-refractivity contribution is -0.190. The first-order chi connectivity index (χ1) is 11.5. The molecule has 0 aromatic rings. The van der Waals surface area contributed by atoms with Crippen LogP contribution in [0.15, 0.2) is 23.3 Å². The molecule has 138 valence electrons. The molecule has 2 unspecified atom stereocenters. The number of fused-ring (bicyclic) bond motifs is 3. The molecule has 0 amide bonds. The first kappa shape index (κ1) is 17.4.